The van der Waals surface area contributed by atoms with E-state index in [9.17, 15) is 15.3 Å². The quantitative estimate of drug-likeness (QED) is 0.539. The van der Waals surface area contributed by atoms with E-state index in [0.29, 0.717) is 12.0 Å². The maximum Gasteiger partial charge on any atom is 0.231 e. The zero-order valence-corrected chi connectivity index (χ0v) is 14.5. The van der Waals surface area contributed by atoms with Crippen molar-refractivity contribution in [2.45, 2.75) is 25.5 Å². The highest BCUT2D eigenvalue weighted by Gasteiger charge is 2.20. The summed E-state index contributed by atoms with van der Waals surface area (Å²) in [6.07, 6.45) is -0.212. The Morgan fingerprint density at radius 2 is 1.84 bits per heavy atom. The van der Waals surface area contributed by atoms with Gasteiger partial charge in [0.25, 0.3) is 0 Å². The number of aliphatic hydroxyl groups is 1. The number of hydrogen-bond acceptors (Lipinski definition) is 6. The number of halogens is 1. The van der Waals surface area contributed by atoms with Gasteiger partial charge in [-0.05, 0) is 60.5 Å². The number of rotatable bonds is 6. The highest BCUT2D eigenvalue weighted by molar-refractivity contribution is 6.13. The molecule has 0 fully saturated rings. The number of fused-ring (bicyclic) bond motifs is 1. The number of nitrogens with zero attached hydrogens (tertiary/aromatic N) is 1. The van der Waals surface area contributed by atoms with Crippen LogP contribution in [0.4, 0.5) is 0 Å². The van der Waals surface area contributed by atoms with Crippen molar-refractivity contribution < 1.29 is 24.8 Å². The van der Waals surface area contributed by atoms with Crippen molar-refractivity contribution >= 4 is 11.8 Å². The molecule has 0 aromatic heterocycles. The van der Waals surface area contributed by atoms with Gasteiger partial charge in [-0.3, -0.25) is 0 Å². The highest BCUT2D eigenvalue weighted by Crippen LogP contribution is 2.33. The first kappa shape index (κ1) is 17.7. The van der Waals surface area contributed by atoms with Crippen LogP contribution >= 0.6 is 11.8 Å². The molecule has 2 atom stereocenters. The van der Waals surface area contributed by atoms with E-state index in [0.717, 1.165) is 17.1 Å². The number of benzene rings is 2. The molecule has 7 heteroatoms. The molecule has 2 aromatic rings. The molecule has 2 aromatic carbocycles. The van der Waals surface area contributed by atoms with Gasteiger partial charge in [0, 0.05) is 12.6 Å². The number of phenols is 2. The lowest BCUT2D eigenvalue weighted by Gasteiger charge is -2.24. The van der Waals surface area contributed by atoms with Crippen LogP contribution in [0.1, 0.15) is 24.2 Å². The van der Waals surface area contributed by atoms with Gasteiger partial charge in [0.15, 0.2) is 23.0 Å². The van der Waals surface area contributed by atoms with Gasteiger partial charge in [-0.1, -0.05) is 12.1 Å². The molecule has 0 saturated heterocycles. The fourth-order valence-corrected chi connectivity index (χ4v) is 2.91. The summed E-state index contributed by atoms with van der Waals surface area (Å²) in [6.45, 7) is 2.37. The summed E-state index contributed by atoms with van der Waals surface area (Å²) in [6, 6.07) is 9.93. The third-order valence-corrected chi connectivity index (χ3v) is 4.65. The minimum Gasteiger partial charge on any atom is -0.504 e. The molecule has 2 unspecified atom stereocenters. The lowest BCUT2D eigenvalue weighted by Crippen LogP contribution is -2.30. The molecule has 1 aliphatic rings. The fraction of sp³-hybridized carbons (Fsp3) is 0.333. The van der Waals surface area contributed by atoms with Gasteiger partial charge in [0.05, 0.1) is 6.10 Å². The van der Waals surface area contributed by atoms with E-state index in [1.165, 1.54) is 16.6 Å². The van der Waals surface area contributed by atoms with E-state index in [2.05, 4.69) is 0 Å². The number of phenolic OH excluding ortho intramolecular Hbond substituents is 2. The third kappa shape index (κ3) is 4.10. The van der Waals surface area contributed by atoms with Gasteiger partial charge in [-0.25, -0.2) is 4.42 Å². The Labute approximate surface area is 150 Å². The van der Waals surface area contributed by atoms with E-state index >= 15 is 0 Å². The van der Waals surface area contributed by atoms with Crippen molar-refractivity contribution in [2.75, 3.05) is 13.3 Å². The first-order chi connectivity index (χ1) is 11.9. The van der Waals surface area contributed by atoms with Gasteiger partial charge >= 0.3 is 0 Å². The van der Waals surface area contributed by atoms with Crippen molar-refractivity contribution in [3.8, 4) is 23.0 Å². The van der Waals surface area contributed by atoms with Gasteiger partial charge in [0.2, 0.25) is 6.79 Å². The van der Waals surface area contributed by atoms with Crippen molar-refractivity contribution in [1.29, 1.82) is 0 Å². The van der Waals surface area contributed by atoms with Crippen LogP contribution in [0, 0.1) is 0 Å². The predicted molar refractivity (Wildman–Crippen MR) is 93.0 cm³/mol. The Balaban J connectivity index is 1.60. The van der Waals surface area contributed by atoms with Gasteiger partial charge < -0.3 is 24.8 Å². The first-order valence-corrected chi connectivity index (χ1v) is 8.28. The summed E-state index contributed by atoms with van der Waals surface area (Å²) in [5, 5.41) is 29.2. The Hall–Kier alpha value is -2.15. The molecule has 3 N–H and O–H groups in total. The van der Waals surface area contributed by atoms with Crippen molar-refractivity contribution in [3.05, 3.63) is 47.5 Å². The first-order valence-electron chi connectivity index (χ1n) is 7.95. The van der Waals surface area contributed by atoms with E-state index in [4.69, 9.17) is 21.3 Å². The molecule has 134 valence electrons. The standard InChI is InChI=1S/C18H20ClNO5/c1-11(6-12-2-5-17-18(7-12)25-10-24-17)20(19)9-16(23)13-3-4-14(21)15(22)8-13/h2-5,7-8,11,16,21-23H,6,9-10H2,1H3. The van der Waals surface area contributed by atoms with Crippen molar-refractivity contribution in [3.63, 3.8) is 0 Å². The molecule has 1 aliphatic heterocycles. The number of ether oxygens (including phenoxy) is 2. The minimum atomic E-state index is -0.886. The molecule has 0 spiro atoms. The average molecular weight is 366 g/mol. The Morgan fingerprint density at radius 3 is 2.60 bits per heavy atom. The SMILES string of the molecule is CC(Cc1ccc2c(c1)OCO2)N(Cl)CC(O)c1ccc(O)c(O)c1. The van der Waals surface area contributed by atoms with E-state index < -0.39 is 6.10 Å². The van der Waals surface area contributed by atoms with Crippen LogP contribution in [0.3, 0.4) is 0 Å². The summed E-state index contributed by atoms with van der Waals surface area (Å²) < 4.78 is 12.2. The molecular formula is C18H20ClNO5. The predicted octanol–water partition coefficient (Wildman–Crippen LogP) is 2.95. The number of hydrogen-bond donors (Lipinski definition) is 3. The van der Waals surface area contributed by atoms with Gasteiger partial charge in [0.1, 0.15) is 0 Å². The summed E-state index contributed by atoms with van der Waals surface area (Å²) in [7, 11) is 0. The number of aromatic hydroxyl groups is 2. The normalized spacial score (nSPS) is 15.4. The third-order valence-electron chi connectivity index (χ3n) is 4.18. The van der Waals surface area contributed by atoms with Crippen LogP contribution in [0.25, 0.3) is 0 Å². The number of aliphatic hydroxyl groups excluding tert-OH is 1. The molecule has 0 bridgehead atoms. The summed E-state index contributed by atoms with van der Waals surface area (Å²) >= 11 is 6.32. The minimum absolute atomic E-state index is 0.0394. The summed E-state index contributed by atoms with van der Waals surface area (Å²) in [4.78, 5) is 0. The topological polar surface area (TPSA) is 82.4 Å². The average Bonchev–Trinajstić information content (AvgIpc) is 3.04. The second-order valence-corrected chi connectivity index (χ2v) is 6.52. The maximum absolute atomic E-state index is 10.3. The van der Waals surface area contributed by atoms with Crippen molar-refractivity contribution in [2.24, 2.45) is 0 Å². The largest absolute Gasteiger partial charge is 0.504 e. The van der Waals surface area contributed by atoms with Crippen molar-refractivity contribution in [1.82, 2.24) is 4.42 Å². The van der Waals surface area contributed by atoms with E-state index in [1.807, 2.05) is 25.1 Å². The lowest BCUT2D eigenvalue weighted by atomic mass is 10.0. The fourth-order valence-electron chi connectivity index (χ4n) is 2.71. The molecule has 25 heavy (non-hydrogen) atoms. The smallest absolute Gasteiger partial charge is 0.231 e. The maximum atomic E-state index is 10.3. The van der Waals surface area contributed by atoms with Crippen LogP contribution in [0.5, 0.6) is 23.0 Å². The van der Waals surface area contributed by atoms with Crippen LogP contribution in [0.15, 0.2) is 36.4 Å². The van der Waals surface area contributed by atoms with Gasteiger partial charge in [-0.15, -0.1) is 0 Å². The zero-order valence-electron chi connectivity index (χ0n) is 13.7. The molecule has 0 saturated carbocycles. The second-order valence-electron chi connectivity index (χ2n) is 6.09. The second kappa shape index (κ2) is 7.39. The molecule has 6 nitrogen and oxygen atoms in total. The van der Waals surface area contributed by atoms with E-state index in [-0.39, 0.29) is 30.9 Å². The molecule has 0 aliphatic carbocycles. The van der Waals surface area contributed by atoms with Crippen LogP contribution < -0.4 is 9.47 Å². The summed E-state index contributed by atoms with van der Waals surface area (Å²) in [5.74, 6) is 0.966. The van der Waals surface area contributed by atoms with Gasteiger partial charge in [-0.2, -0.15) is 0 Å². The Kier molecular flexibility index (Phi) is 5.22. The Bertz CT molecular complexity index is 754. The molecule has 3 rings (SSSR count). The molecule has 1 heterocycles. The molecular weight excluding hydrogens is 346 g/mol. The zero-order chi connectivity index (χ0) is 18.0. The van der Waals surface area contributed by atoms with Crippen LogP contribution in [-0.2, 0) is 6.42 Å². The van der Waals surface area contributed by atoms with Crippen LogP contribution in [0.2, 0.25) is 0 Å². The lowest BCUT2D eigenvalue weighted by molar-refractivity contribution is 0.137. The monoisotopic (exact) mass is 365 g/mol. The molecule has 0 amide bonds. The van der Waals surface area contributed by atoms with Crippen LogP contribution in [-0.4, -0.2) is 39.1 Å². The highest BCUT2D eigenvalue weighted by atomic mass is 35.5. The van der Waals surface area contributed by atoms with E-state index in [1.54, 1.807) is 6.07 Å². The molecule has 0 radical (unpaired) electrons. The Morgan fingerprint density at radius 1 is 1.08 bits per heavy atom. The summed E-state index contributed by atoms with van der Waals surface area (Å²) in [5.41, 5.74) is 1.54.